The van der Waals surface area contributed by atoms with E-state index in [2.05, 4.69) is 18.3 Å². The minimum Gasteiger partial charge on any atom is -0.306 e. The zero-order valence-corrected chi connectivity index (χ0v) is 10.7. The van der Waals surface area contributed by atoms with Crippen molar-refractivity contribution in [2.24, 2.45) is 5.92 Å². The quantitative estimate of drug-likeness (QED) is 0.886. The predicted molar refractivity (Wildman–Crippen MR) is 69.7 cm³/mol. The standard InChI is InChI=1S/C14H17ClN2/c1-10(12-6-2-3-7-13(12)15)17-14-8-4-5-11(14)9-16/h2-3,6-7,10-11,14,17H,4-5,8H2,1H3/t10-,11?,14?/m1/s1. The third-order valence-corrected chi connectivity index (χ3v) is 3.86. The summed E-state index contributed by atoms with van der Waals surface area (Å²) in [6.07, 6.45) is 3.25. The van der Waals surface area contributed by atoms with E-state index in [1.165, 1.54) is 0 Å². The van der Waals surface area contributed by atoms with Crippen molar-refractivity contribution in [2.45, 2.75) is 38.3 Å². The highest BCUT2D eigenvalue weighted by Gasteiger charge is 2.28. The molecule has 0 radical (unpaired) electrons. The van der Waals surface area contributed by atoms with Gasteiger partial charge >= 0.3 is 0 Å². The third-order valence-electron chi connectivity index (χ3n) is 3.52. The maximum Gasteiger partial charge on any atom is 0.0672 e. The number of hydrogen-bond donors (Lipinski definition) is 1. The van der Waals surface area contributed by atoms with Gasteiger partial charge in [0.05, 0.1) is 12.0 Å². The molecule has 2 rings (SSSR count). The lowest BCUT2D eigenvalue weighted by atomic mass is 10.0. The first-order valence-corrected chi connectivity index (χ1v) is 6.50. The van der Waals surface area contributed by atoms with Crippen LogP contribution in [0.4, 0.5) is 0 Å². The summed E-state index contributed by atoms with van der Waals surface area (Å²) in [5.74, 6) is 0.153. The van der Waals surface area contributed by atoms with Crippen LogP contribution in [-0.2, 0) is 0 Å². The average molecular weight is 249 g/mol. The molecule has 2 unspecified atom stereocenters. The normalized spacial score (nSPS) is 25.5. The Balaban J connectivity index is 2.05. The molecule has 2 nitrogen and oxygen atoms in total. The molecule has 0 spiro atoms. The lowest BCUT2D eigenvalue weighted by molar-refractivity contribution is 0.417. The second kappa shape index (κ2) is 5.53. The number of nitrogens with one attached hydrogen (secondary N) is 1. The first-order valence-electron chi connectivity index (χ1n) is 6.12. The van der Waals surface area contributed by atoms with Crippen LogP contribution in [0.1, 0.15) is 37.8 Å². The molecule has 0 amide bonds. The van der Waals surface area contributed by atoms with E-state index in [4.69, 9.17) is 16.9 Å². The van der Waals surface area contributed by atoms with Crippen LogP contribution in [0.3, 0.4) is 0 Å². The lowest BCUT2D eigenvalue weighted by Crippen LogP contribution is -2.34. The van der Waals surface area contributed by atoms with Crippen LogP contribution < -0.4 is 5.32 Å². The van der Waals surface area contributed by atoms with Crippen molar-refractivity contribution in [3.63, 3.8) is 0 Å². The van der Waals surface area contributed by atoms with Gasteiger partial charge in [-0.05, 0) is 31.4 Å². The molecule has 1 aromatic carbocycles. The van der Waals surface area contributed by atoms with Crippen LogP contribution in [-0.4, -0.2) is 6.04 Å². The Morgan fingerprint density at radius 3 is 2.88 bits per heavy atom. The number of nitrogens with zero attached hydrogens (tertiary/aromatic N) is 1. The summed E-state index contributed by atoms with van der Waals surface area (Å²) in [6, 6.07) is 10.8. The number of benzene rings is 1. The monoisotopic (exact) mass is 248 g/mol. The topological polar surface area (TPSA) is 35.8 Å². The van der Waals surface area contributed by atoms with Crippen molar-refractivity contribution in [1.29, 1.82) is 5.26 Å². The summed E-state index contributed by atoms with van der Waals surface area (Å²) in [5.41, 5.74) is 1.11. The highest BCUT2D eigenvalue weighted by Crippen LogP contribution is 2.29. The molecule has 1 saturated carbocycles. The van der Waals surface area contributed by atoms with Crippen LogP contribution in [0.25, 0.3) is 0 Å². The summed E-state index contributed by atoms with van der Waals surface area (Å²) in [7, 11) is 0. The van der Waals surface area contributed by atoms with E-state index < -0.39 is 0 Å². The van der Waals surface area contributed by atoms with Gasteiger partial charge in [-0.3, -0.25) is 0 Å². The van der Waals surface area contributed by atoms with Gasteiger partial charge in [0.25, 0.3) is 0 Å². The van der Waals surface area contributed by atoms with Crippen molar-refractivity contribution in [3.05, 3.63) is 34.9 Å². The molecule has 0 heterocycles. The maximum absolute atomic E-state index is 9.06. The lowest BCUT2D eigenvalue weighted by Gasteiger charge is -2.22. The van der Waals surface area contributed by atoms with E-state index in [9.17, 15) is 0 Å². The highest BCUT2D eigenvalue weighted by atomic mass is 35.5. The Labute approximate surface area is 108 Å². The molecule has 0 aliphatic heterocycles. The Morgan fingerprint density at radius 1 is 1.41 bits per heavy atom. The molecule has 0 saturated heterocycles. The van der Waals surface area contributed by atoms with Crippen molar-refractivity contribution in [2.75, 3.05) is 0 Å². The van der Waals surface area contributed by atoms with Gasteiger partial charge in [0.15, 0.2) is 0 Å². The van der Waals surface area contributed by atoms with Gasteiger partial charge < -0.3 is 5.32 Å². The minimum atomic E-state index is 0.153. The fraction of sp³-hybridized carbons (Fsp3) is 0.500. The number of halogens is 1. The van der Waals surface area contributed by atoms with Gasteiger partial charge in [0.2, 0.25) is 0 Å². The number of rotatable bonds is 3. The minimum absolute atomic E-state index is 0.153. The zero-order chi connectivity index (χ0) is 12.3. The van der Waals surface area contributed by atoms with Gasteiger partial charge in [-0.1, -0.05) is 36.2 Å². The van der Waals surface area contributed by atoms with Gasteiger partial charge in [0.1, 0.15) is 0 Å². The largest absolute Gasteiger partial charge is 0.306 e. The molecule has 1 aliphatic carbocycles. The first-order chi connectivity index (χ1) is 8.22. The van der Waals surface area contributed by atoms with Gasteiger partial charge in [-0.15, -0.1) is 0 Å². The Morgan fingerprint density at radius 2 is 2.18 bits per heavy atom. The summed E-state index contributed by atoms with van der Waals surface area (Å²) in [4.78, 5) is 0. The highest BCUT2D eigenvalue weighted by molar-refractivity contribution is 6.31. The molecule has 3 atom stereocenters. The smallest absolute Gasteiger partial charge is 0.0672 e. The van der Waals surface area contributed by atoms with E-state index >= 15 is 0 Å². The second-order valence-corrected chi connectivity index (χ2v) is 5.09. The summed E-state index contributed by atoms with van der Waals surface area (Å²) in [5, 5.41) is 13.4. The van der Waals surface area contributed by atoms with Gasteiger partial charge in [-0.2, -0.15) is 5.26 Å². The molecule has 90 valence electrons. The molecular weight excluding hydrogens is 232 g/mol. The fourth-order valence-corrected chi connectivity index (χ4v) is 2.85. The molecule has 1 fully saturated rings. The molecule has 1 aromatic rings. The third kappa shape index (κ3) is 2.80. The molecule has 3 heteroatoms. The van der Waals surface area contributed by atoms with Crippen LogP contribution >= 0.6 is 11.6 Å². The van der Waals surface area contributed by atoms with E-state index in [0.29, 0.717) is 6.04 Å². The van der Waals surface area contributed by atoms with E-state index in [1.54, 1.807) is 0 Å². The van der Waals surface area contributed by atoms with Crippen molar-refractivity contribution in [1.82, 2.24) is 5.32 Å². The SMILES string of the molecule is C[C@@H](NC1CCCC1C#N)c1ccccc1Cl. The van der Waals surface area contributed by atoms with Gasteiger partial charge in [0, 0.05) is 17.1 Å². The summed E-state index contributed by atoms with van der Waals surface area (Å²) >= 11 is 6.17. The van der Waals surface area contributed by atoms with E-state index in [0.717, 1.165) is 29.8 Å². The Hall–Kier alpha value is -1.04. The van der Waals surface area contributed by atoms with Crippen molar-refractivity contribution >= 4 is 11.6 Å². The Bertz CT molecular complexity index is 424. The fourth-order valence-electron chi connectivity index (χ4n) is 2.55. The summed E-state index contributed by atoms with van der Waals surface area (Å²) in [6.45, 7) is 2.11. The van der Waals surface area contributed by atoms with Crippen molar-refractivity contribution in [3.8, 4) is 6.07 Å². The van der Waals surface area contributed by atoms with Crippen LogP contribution in [0, 0.1) is 17.2 Å². The molecular formula is C14H17ClN2. The molecule has 17 heavy (non-hydrogen) atoms. The van der Waals surface area contributed by atoms with Crippen LogP contribution in [0.5, 0.6) is 0 Å². The Kier molecular flexibility index (Phi) is 4.04. The number of nitriles is 1. The molecule has 1 aliphatic rings. The number of hydrogen-bond acceptors (Lipinski definition) is 2. The molecule has 1 N–H and O–H groups in total. The average Bonchev–Trinajstić information content (AvgIpc) is 2.76. The van der Waals surface area contributed by atoms with E-state index in [1.807, 2.05) is 24.3 Å². The van der Waals surface area contributed by atoms with E-state index in [-0.39, 0.29) is 12.0 Å². The van der Waals surface area contributed by atoms with Crippen LogP contribution in [0.15, 0.2) is 24.3 Å². The second-order valence-electron chi connectivity index (χ2n) is 4.68. The maximum atomic E-state index is 9.06. The summed E-state index contributed by atoms with van der Waals surface area (Å²) < 4.78 is 0. The van der Waals surface area contributed by atoms with Crippen molar-refractivity contribution < 1.29 is 0 Å². The van der Waals surface area contributed by atoms with Gasteiger partial charge in [-0.25, -0.2) is 0 Å². The van der Waals surface area contributed by atoms with Crippen LogP contribution in [0.2, 0.25) is 5.02 Å². The predicted octanol–water partition coefficient (Wildman–Crippen LogP) is 3.68. The molecule has 0 bridgehead atoms. The molecule has 0 aromatic heterocycles. The zero-order valence-electron chi connectivity index (χ0n) is 9.99. The first kappa shape index (κ1) is 12.4.